The second-order valence-corrected chi connectivity index (χ2v) is 7.32. The van der Waals surface area contributed by atoms with Crippen molar-refractivity contribution < 1.29 is 22.3 Å². The van der Waals surface area contributed by atoms with Crippen molar-refractivity contribution in [3.05, 3.63) is 48.0 Å². The summed E-state index contributed by atoms with van der Waals surface area (Å²) in [5, 5.41) is 3.57. The number of hydrogen-bond donors (Lipinski definition) is 0. The molecular weight excluding hydrogens is 398 g/mol. The first-order chi connectivity index (χ1) is 14.1. The second-order valence-electron chi connectivity index (χ2n) is 7.32. The number of halogens is 4. The summed E-state index contributed by atoms with van der Waals surface area (Å²) in [6.45, 7) is 10.7. The molecule has 0 fully saturated rings. The first-order valence-electron chi connectivity index (χ1n) is 10.00. The molecule has 164 valence electrons. The van der Waals surface area contributed by atoms with E-state index in [1.54, 1.807) is 6.07 Å². The van der Waals surface area contributed by atoms with Gasteiger partial charge in [-0.2, -0.15) is 18.3 Å². The summed E-state index contributed by atoms with van der Waals surface area (Å²) in [4.78, 5) is 3.90. The Morgan fingerprint density at radius 3 is 2.37 bits per heavy atom. The summed E-state index contributed by atoms with van der Waals surface area (Å²) in [6.07, 6.45) is -2.25. The van der Waals surface area contributed by atoms with E-state index in [2.05, 4.69) is 23.9 Å². The van der Waals surface area contributed by atoms with Gasteiger partial charge in [0.15, 0.2) is 22.9 Å². The maximum atomic E-state index is 14.5. The Hall–Kier alpha value is -2.64. The van der Waals surface area contributed by atoms with Gasteiger partial charge in [-0.1, -0.05) is 34.6 Å². The van der Waals surface area contributed by atoms with Crippen LogP contribution in [-0.4, -0.2) is 21.2 Å². The summed E-state index contributed by atoms with van der Waals surface area (Å²) >= 11 is 0. The third kappa shape index (κ3) is 5.70. The molecular formula is C22H27F4N3O. The van der Waals surface area contributed by atoms with Crippen LogP contribution in [0.25, 0.3) is 16.9 Å². The lowest BCUT2D eigenvalue weighted by Crippen LogP contribution is -2.11. The highest BCUT2D eigenvalue weighted by molar-refractivity contribution is 5.63. The highest BCUT2D eigenvalue weighted by Gasteiger charge is 2.34. The molecule has 30 heavy (non-hydrogen) atoms. The maximum Gasteiger partial charge on any atom is 0.435 e. The van der Waals surface area contributed by atoms with Crippen LogP contribution in [-0.2, 0) is 6.18 Å². The van der Waals surface area contributed by atoms with Gasteiger partial charge in [-0.15, -0.1) is 0 Å². The third-order valence-electron chi connectivity index (χ3n) is 4.27. The van der Waals surface area contributed by atoms with Crippen molar-refractivity contribution in [3.8, 4) is 17.0 Å². The summed E-state index contributed by atoms with van der Waals surface area (Å²) < 4.78 is 59.9. The van der Waals surface area contributed by atoms with Gasteiger partial charge in [0.1, 0.15) is 0 Å². The van der Waals surface area contributed by atoms with Gasteiger partial charge in [-0.05, 0) is 42.5 Å². The van der Waals surface area contributed by atoms with Crippen LogP contribution in [0.2, 0.25) is 0 Å². The number of alkyl halides is 3. The average Bonchev–Trinajstić information content (AvgIpc) is 3.13. The molecule has 0 N–H and O–H groups in total. The highest BCUT2D eigenvalue weighted by Crippen LogP contribution is 2.31. The number of rotatable bonds is 6. The molecule has 0 radical (unpaired) electrons. The van der Waals surface area contributed by atoms with E-state index in [1.165, 1.54) is 24.4 Å². The Labute approximate surface area is 173 Å². The van der Waals surface area contributed by atoms with Crippen molar-refractivity contribution in [3.63, 3.8) is 0 Å². The first-order valence-corrected chi connectivity index (χ1v) is 10.00. The smallest absolute Gasteiger partial charge is 0.435 e. The van der Waals surface area contributed by atoms with E-state index in [-0.39, 0.29) is 17.3 Å². The molecule has 0 saturated heterocycles. The topological polar surface area (TPSA) is 39.4 Å². The summed E-state index contributed by atoms with van der Waals surface area (Å²) in [5.41, 5.74) is -0.330. The fourth-order valence-corrected chi connectivity index (χ4v) is 3.13. The standard InChI is InChI=1S/C20H21F4N3O.C2H6/c1-12(2)8-13(3)11-28-17-5-4-14(9-15(17)21)16-6-7-25-19-10-18(20(22,23)24)26-27(16)19;1-2/h4-7,9-10,12-13H,8,11H2,1-3H3;1-2H3. The van der Waals surface area contributed by atoms with Gasteiger partial charge in [-0.3, -0.25) is 0 Å². The van der Waals surface area contributed by atoms with Crippen LogP contribution in [0.4, 0.5) is 17.6 Å². The molecule has 2 aromatic heterocycles. The van der Waals surface area contributed by atoms with Gasteiger partial charge < -0.3 is 4.74 Å². The molecule has 0 aliphatic heterocycles. The molecule has 3 rings (SSSR count). The number of ether oxygens (including phenoxy) is 1. The van der Waals surface area contributed by atoms with E-state index in [0.29, 0.717) is 23.8 Å². The summed E-state index contributed by atoms with van der Waals surface area (Å²) in [7, 11) is 0. The van der Waals surface area contributed by atoms with Gasteiger partial charge in [0, 0.05) is 17.8 Å². The molecule has 0 saturated carbocycles. The maximum absolute atomic E-state index is 14.5. The Bertz CT molecular complexity index is 967. The summed E-state index contributed by atoms with van der Waals surface area (Å²) in [5.74, 6) is 0.336. The van der Waals surface area contributed by atoms with Crippen molar-refractivity contribution in [2.45, 2.75) is 47.2 Å². The van der Waals surface area contributed by atoms with Crippen LogP contribution >= 0.6 is 0 Å². The zero-order valence-electron chi connectivity index (χ0n) is 17.8. The lowest BCUT2D eigenvalue weighted by Gasteiger charge is -2.15. The Morgan fingerprint density at radius 2 is 1.77 bits per heavy atom. The molecule has 0 amide bonds. The van der Waals surface area contributed by atoms with Gasteiger partial charge in [0.25, 0.3) is 0 Å². The SMILES string of the molecule is CC.CC(C)CC(C)COc1ccc(-c2ccnc3cc(C(F)(F)F)nn23)cc1F. The monoisotopic (exact) mass is 425 g/mol. The van der Waals surface area contributed by atoms with Crippen LogP contribution in [0.1, 0.15) is 46.7 Å². The second kappa shape index (κ2) is 9.91. The lowest BCUT2D eigenvalue weighted by atomic mass is 10.00. The van der Waals surface area contributed by atoms with Crippen LogP contribution in [0.3, 0.4) is 0 Å². The quantitative estimate of drug-likeness (QED) is 0.416. The van der Waals surface area contributed by atoms with Crippen molar-refractivity contribution in [1.29, 1.82) is 0 Å². The molecule has 1 aromatic carbocycles. The Balaban J connectivity index is 0.00000155. The third-order valence-corrected chi connectivity index (χ3v) is 4.27. The van der Waals surface area contributed by atoms with E-state index in [1.807, 2.05) is 20.8 Å². The van der Waals surface area contributed by atoms with Gasteiger partial charge in [0.05, 0.1) is 12.3 Å². The number of benzene rings is 1. The van der Waals surface area contributed by atoms with E-state index < -0.39 is 17.7 Å². The number of nitrogens with zero attached hydrogens (tertiary/aromatic N) is 3. The highest BCUT2D eigenvalue weighted by atomic mass is 19.4. The molecule has 1 unspecified atom stereocenters. The molecule has 0 aliphatic carbocycles. The minimum atomic E-state index is -4.58. The van der Waals surface area contributed by atoms with Crippen molar-refractivity contribution in [1.82, 2.24) is 14.6 Å². The fraction of sp³-hybridized carbons (Fsp3) is 0.455. The lowest BCUT2D eigenvalue weighted by molar-refractivity contribution is -0.141. The summed E-state index contributed by atoms with van der Waals surface area (Å²) in [6, 6.07) is 6.64. The Morgan fingerprint density at radius 1 is 1.07 bits per heavy atom. The van der Waals surface area contributed by atoms with Gasteiger partial charge >= 0.3 is 6.18 Å². The Kier molecular flexibility index (Phi) is 7.81. The molecule has 0 aliphatic rings. The normalized spacial score (nSPS) is 12.6. The largest absolute Gasteiger partial charge is 0.490 e. The predicted octanol–water partition coefficient (Wildman–Crippen LogP) is 6.64. The van der Waals surface area contributed by atoms with Crippen LogP contribution in [0.5, 0.6) is 5.75 Å². The van der Waals surface area contributed by atoms with E-state index in [4.69, 9.17) is 4.74 Å². The number of fused-ring (bicyclic) bond motifs is 1. The van der Waals surface area contributed by atoms with E-state index >= 15 is 0 Å². The van der Waals surface area contributed by atoms with Crippen molar-refractivity contribution >= 4 is 5.65 Å². The molecule has 2 heterocycles. The van der Waals surface area contributed by atoms with Gasteiger partial charge in [-0.25, -0.2) is 13.9 Å². The van der Waals surface area contributed by atoms with Crippen molar-refractivity contribution in [2.75, 3.05) is 6.61 Å². The van der Waals surface area contributed by atoms with Crippen LogP contribution in [0.15, 0.2) is 36.5 Å². The molecule has 1 atom stereocenters. The molecule has 0 bridgehead atoms. The van der Waals surface area contributed by atoms with Crippen LogP contribution in [0, 0.1) is 17.7 Å². The molecule has 0 spiro atoms. The number of hydrogen-bond acceptors (Lipinski definition) is 3. The van der Waals surface area contributed by atoms with Gasteiger partial charge in [0.2, 0.25) is 0 Å². The molecule has 8 heteroatoms. The molecule has 4 nitrogen and oxygen atoms in total. The predicted molar refractivity (Wildman–Crippen MR) is 109 cm³/mol. The first kappa shape index (κ1) is 23.6. The van der Waals surface area contributed by atoms with Crippen LogP contribution < -0.4 is 4.74 Å². The zero-order valence-corrected chi connectivity index (χ0v) is 17.8. The van der Waals surface area contributed by atoms with E-state index in [0.717, 1.165) is 17.0 Å². The minimum absolute atomic E-state index is 0.0352. The fourth-order valence-electron chi connectivity index (χ4n) is 3.13. The van der Waals surface area contributed by atoms with Crippen molar-refractivity contribution in [2.24, 2.45) is 11.8 Å². The van der Waals surface area contributed by atoms with E-state index in [9.17, 15) is 17.6 Å². The molecule has 3 aromatic rings. The minimum Gasteiger partial charge on any atom is -0.490 e. The average molecular weight is 425 g/mol. The zero-order chi connectivity index (χ0) is 22.5. The number of aromatic nitrogens is 3.